The third kappa shape index (κ3) is 2.46. The van der Waals surface area contributed by atoms with Crippen molar-refractivity contribution >= 4 is 17.5 Å². The van der Waals surface area contributed by atoms with Crippen molar-refractivity contribution < 1.29 is 4.79 Å². The summed E-state index contributed by atoms with van der Waals surface area (Å²) in [4.78, 5) is 16.9. The van der Waals surface area contributed by atoms with Crippen molar-refractivity contribution in [3.05, 3.63) is 29.6 Å². The number of hydrogen-bond acceptors (Lipinski definition) is 3. The number of nitrogens with zero attached hydrogens (tertiary/aromatic N) is 1. The molecule has 2 heterocycles. The van der Waals surface area contributed by atoms with Crippen molar-refractivity contribution in [1.82, 2.24) is 4.98 Å². The molecule has 1 unspecified atom stereocenters. The van der Waals surface area contributed by atoms with Gasteiger partial charge in [0.05, 0.1) is 11.6 Å². The molecule has 1 aliphatic heterocycles. The standard InChI is InChI=1S/C15H19NOS/c17-14(10-11-5-8-18-9-6-11)13-4-3-12-2-1-7-16-15(12)13/h1-2,7,11,13H,3-6,8-10H2. The molecule has 1 aliphatic carbocycles. The number of aromatic nitrogens is 1. The number of carbonyl (C=O) groups excluding carboxylic acids is 1. The van der Waals surface area contributed by atoms with E-state index in [9.17, 15) is 4.79 Å². The molecule has 1 saturated heterocycles. The number of rotatable bonds is 3. The Labute approximate surface area is 113 Å². The summed E-state index contributed by atoms with van der Waals surface area (Å²) in [6, 6.07) is 4.09. The summed E-state index contributed by atoms with van der Waals surface area (Å²) >= 11 is 2.02. The highest BCUT2D eigenvalue weighted by Gasteiger charge is 2.31. The first-order valence-electron chi connectivity index (χ1n) is 6.89. The van der Waals surface area contributed by atoms with Crippen LogP contribution in [0.5, 0.6) is 0 Å². The quantitative estimate of drug-likeness (QED) is 0.837. The van der Waals surface area contributed by atoms with E-state index in [1.165, 1.54) is 29.9 Å². The number of aryl methyl sites for hydroxylation is 1. The summed E-state index contributed by atoms with van der Waals surface area (Å²) < 4.78 is 0. The monoisotopic (exact) mass is 261 g/mol. The first-order valence-corrected chi connectivity index (χ1v) is 8.04. The van der Waals surface area contributed by atoms with Crippen LogP contribution in [-0.4, -0.2) is 22.3 Å². The Balaban J connectivity index is 1.67. The van der Waals surface area contributed by atoms with E-state index in [0.717, 1.165) is 25.0 Å². The minimum Gasteiger partial charge on any atom is -0.299 e. The smallest absolute Gasteiger partial charge is 0.142 e. The van der Waals surface area contributed by atoms with Crippen molar-refractivity contribution in [3.8, 4) is 0 Å². The van der Waals surface area contributed by atoms with Crippen LogP contribution in [0.15, 0.2) is 18.3 Å². The Morgan fingerprint density at radius 1 is 1.33 bits per heavy atom. The van der Waals surface area contributed by atoms with Gasteiger partial charge >= 0.3 is 0 Å². The normalized spacial score (nSPS) is 23.9. The molecule has 0 radical (unpaired) electrons. The maximum absolute atomic E-state index is 12.4. The van der Waals surface area contributed by atoms with E-state index in [4.69, 9.17) is 0 Å². The van der Waals surface area contributed by atoms with Gasteiger partial charge in [0.15, 0.2) is 0 Å². The van der Waals surface area contributed by atoms with Gasteiger partial charge < -0.3 is 0 Å². The zero-order chi connectivity index (χ0) is 12.4. The topological polar surface area (TPSA) is 30.0 Å². The van der Waals surface area contributed by atoms with E-state index < -0.39 is 0 Å². The van der Waals surface area contributed by atoms with Crippen LogP contribution < -0.4 is 0 Å². The molecule has 2 aliphatic rings. The number of fused-ring (bicyclic) bond motifs is 1. The van der Waals surface area contributed by atoms with Gasteiger partial charge in [-0.1, -0.05) is 6.07 Å². The fraction of sp³-hybridized carbons (Fsp3) is 0.600. The van der Waals surface area contributed by atoms with E-state index in [-0.39, 0.29) is 5.92 Å². The Morgan fingerprint density at radius 3 is 3.00 bits per heavy atom. The molecule has 3 heteroatoms. The summed E-state index contributed by atoms with van der Waals surface area (Å²) in [6.45, 7) is 0. The van der Waals surface area contributed by atoms with Crippen LogP contribution in [0.25, 0.3) is 0 Å². The molecule has 0 spiro atoms. The van der Waals surface area contributed by atoms with Crippen LogP contribution in [0.2, 0.25) is 0 Å². The second-order valence-corrected chi connectivity index (χ2v) is 6.59. The van der Waals surface area contributed by atoms with Crippen molar-refractivity contribution in [2.75, 3.05) is 11.5 Å². The molecule has 0 amide bonds. The summed E-state index contributed by atoms with van der Waals surface area (Å²) in [5, 5.41) is 0. The van der Waals surface area contributed by atoms with Crippen molar-refractivity contribution in [2.24, 2.45) is 5.92 Å². The third-order valence-corrected chi connectivity index (χ3v) is 5.23. The fourth-order valence-electron chi connectivity index (χ4n) is 3.10. The molecule has 1 aromatic heterocycles. The summed E-state index contributed by atoms with van der Waals surface area (Å²) in [5.74, 6) is 3.63. The molecule has 18 heavy (non-hydrogen) atoms. The van der Waals surface area contributed by atoms with Gasteiger partial charge in [-0.05, 0) is 54.7 Å². The predicted molar refractivity (Wildman–Crippen MR) is 75.0 cm³/mol. The van der Waals surface area contributed by atoms with E-state index in [2.05, 4.69) is 11.1 Å². The number of pyridine rings is 1. The van der Waals surface area contributed by atoms with Gasteiger partial charge in [-0.15, -0.1) is 0 Å². The molecule has 2 nitrogen and oxygen atoms in total. The number of hydrogen-bond donors (Lipinski definition) is 0. The van der Waals surface area contributed by atoms with Crippen LogP contribution in [-0.2, 0) is 11.2 Å². The van der Waals surface area contributed by atoms with Gasteiger partial charge in [0, 0.05) is 12.6 Å². The summed E-state index contributed by atoms with van der Waals surface area (Å²) in [6.07, 6.45) is 7.05. The highest BCUT2D eigenvalue weighted by Crippen LogP contribution is 2.35. The van der Waals surface area contributed by atoms with Crippen LogP contribution in [0.1, 0.15) is 42.9 Å². The fourth-order valence-corrected chi connectivity index (χ4v) is 4.31. The lowest BCUT2D eigenvalue weighted by molar-refractivity contribution is -0.121. The highest BCUT2D eigenvalue weighted by molar-refractivity contribution is 7.99. The number of Topliss-reactive ketones (excluding diaryl/α,β-unsaturated/α-hetero) is 1. The average molecular weight is 261 g/mol. The molecule has 0 N–H and O–H groups in total. The van der Waals surface area contributed by atoms with Crippen LogP contribution in [0.3, 0.4) is 0 Å². The molecule has 1 fully saturated rings. The lowest BCUT2D eigenvalue weighted by atomic mass is 9.89. The SMILES string of the molecule is O=C(CC1CCSCC1)C1CCc2cccnc21. The van der Waals surface area contributed by atoms with Crippen molar-refractivity contribution in [1.29, 1.82) is 0 Å². The Hall–Kier alpha value is -0.830. The molecule has 0 bridgehead atoms. The van der Waals surface area contributed by atoms with Gasteiger partial charge in [-0.2, -0.15) is 11.8 Å². The zero-order valence-corrected chi connectivity index (χ0v) is 11.4. The molecule has 0 aromatic carbocycles. The number of thioether (sulfide) groups is 1. The van der Waals surface area contributed by atoms with Crippen LogP contribution in [0, 0.1) is 5.92 Å². The third-order valence-electron chi connectivity index (χ3n) is 4.18. The number of carbonyl (C=O) groups is 1. The molecule has 0 saturated carbocycles. The van der Waals surface area contributed by atoms with Gasteiger partial charge in [-0.3, -0.25) is 9.78 Å². The molecule has 1 atom stereocenters. The highest BCUT2D eigenvalue weighted by atomic mass is 32.2. The van der Waals surface area contributed by atoms with E-state index in [0.29, 0.717) is 11.7 Å². The lowest BCUT2D eigenvalue weighted by Crippen LogP contribution is -2.18. The van der Waals surface area contributed by atoms with Crippen LogP contribution in [0.4, 0.5) is 0 Å². The Kier molecular flexibility index (Phi) is 3.69. The minimum atomic E-state index is 0.0933. The van der Waals surface area contributed by atoms with Gasteiger partial charge in [0.25, 0.3) is 0 Å². The second-order valence-electron chi connectivity index (χ2n) is 5.37. The van der Waals surface area contributed by atoms with Crippen molar-refractivity contribution in [2.45, 2.75) is 38.0 Å². The first-order chi connectivity index (χ1) is 8.84. The zero-order valence-electron chi connectivity index (χ0n) is 10.6. The molecular weight excluding hydrogens is 242 g/mol. The maximum atomic E-state index is 12.4. The van der Waals surface area contributed by atoms with Gasteiger partial charge in [-0.25, -0.2) is 0 Å². The second kappa shape index (κ2) is 5.43. The molecule has 96 valence electrons. The Bertz CT molecular complexity index is 440. The van der Waals surface area contributed by atoms with Crippen molar-refractivity contribution in [3.63, 3.8) is 0 Å². The van der Waals surface area contributed by atoms with Gasteiger partial charge in [0.2, 0.25) is 0 Å². The largest absolute Gasteiger partial charge is 0.299 e. The molecule has 3 rings (SSSR count). The molecule has 1 aromatic rings. The summed E-state index contributed by atoms with van der Waals surface area (Å²) in [5.41, 5.74) is 2.35. The van der Waals surface area contributed by atoms with E-state index in [1.54, 1.807) is 0 Å². The van der Waals surface area contributed by atoms with Crippen LogP contribution >= 0.6 is 11.8 Å². The van der Waals surface area contributed by atoms with E-state index in [1.807, 2.05) is 24.0 Å². The summed E-state index contributed by atoms with van der Waals surface area (Å²) in [7, 11) is 0. The predicted octanol–water partition coefficient (Wildman–Crippen LogP) is 3.21. The lowest BCUT2D eigenvalue weighted by Gasteiger charge is -2.21. The first kappa shape index (κ1) is 12.2. The maximum Gasteiger partial charge on any atom is 0.142 e. The van der Waals surface area contributed by atoms with Gasteiger partial charge in [0.1, 0.15) is 5.78 Å². The average Bonchev–Trinajstić information content (AvgIpc) is 2.84. The Morgan fingerprint density at radius 2 is 2.17 bits per heavy atom. The van der Waals surface area contributed by atoms with E-state index >= 15 is 0 Å². The number of ketones is 1. The molecular formula is C15H19NOS. The minimum absolute atomic E-state index is 0.0933.